The zero-order valence-electron chi connectivity index (χ0n) is 21.4. The minimum Gasteiger partial charge on any atom is -0.504 e. The van der Waals surface area contributed by atoms with Gasteiger partial charge in [-0.3, -0.25) is 4.79 Å². The number of ether oxygens (including phenoxy) is 3. The van der Waals surface area contributed by atoms with Gasteiger partial charge in [0.25, 0.3) is 0 Å². The van der Waals surface area contributed by atoms with Crippen LogP contribution in [-0.2, 0) is 19.0 Å². The fourth-order valence-corrected chi connectivity index (χ4v) is 4.53. The first-order chi connectivity index (χ1) is 17.6. The second kappa shape index (κ2) is 11.0. The molecular formula is C26H34O12. The Balaban J connectivity index is 1.67. The number of hydrogen-bond donors (Lipinski definition) is 7. The number of rotatable bonds is 7. The largest absolute Gasteiger partial charge is 0.504 e. The number of phenolic OH excluding ortho intramolecular Hbond substituents is 3. The highest BCUT2D eigenvalue weighted by molar-refractivity contribution is 5.93. The lowest BCUT2D eigenvalue weighted by Crippen LogP contribution is -2.59. The number of carbonyl (C=O) groups excluding carboxylic acids is 2. The number of ketones is 1. The van der Waals surface area contributed by atoms with Gasteiger partial charge in [0.05, 0.1) is 11.7 Å². The number of benzene rings is 1. The maximum Gasteiger partial charge on any atom is 0.338 e. The summed E-state index contributed by atoms with van der Waals surface area (Å²) in [5.41, 5.74) is -2.06. The zero-order chi connectivity index (χ0) is 28.6. The van der Waals surface area contributed by atoms with E-state index in [1.54, 1.807) is 27.7 Å². The number of carbonyl (C=O) groups is 2. The third-order valence-corrected chi connectivity index (χ3v) is 6.94. The molecule has 0 spiro atoms. The second-order valence-corrected chi connectivity index (χ2v) is 10.3. The van der Waals surface area contributed by atoms with Crippen molar-refractivity contribution in [3.05, 3.63) is 41.5 Å². The van der Waals surface area contributed by atoms with E-state index in [4.69, 9.17) is 14.2 Å². The predicted molar refractivity (Wildman–Crippen MR) is 130 cm³/mol. The maximum atomic E-state index is 12.3. The van der Waals surface area contributed by atoms with E-state index in [0.717, 1.165) is 12.1 Å². The fraction of sp³-hybridized carbons (Fsp3) is 0.538. The van der Waals surface area contributed by atoms with E-state index in [1.165, 1.54) is 18.2 Å². The summed E-state index contributed by atoms with van der Waals surface area (Å²) >= 11 is 0. The Morgan fingerprint density at radius 1 is 1.13 bits per heavy atom. The lowest BCUT2D eigenvalue weighted by atomic mass is 9.64. The topological polar surface area (TPSA) is 203 Å². The summed E-state index contributed by atoms with van der Waals surface area (Å²) in [6, 6.07) is 1.73. The molecule has 1 aliphatic heterocycles. The summed E-state index contributed by atoms with van der Waals surface area (Å²) in [5, 5.41) is 70.8. The van der Waals surface area contributed by atoms with Gasteiger partial charge in [-0.05, 0) is 43.7 Å². The van der Waals surface area contributed by atoms with E-state index < -0.39 is 77.7 Å². The summed E-state index contributed by atoms with van der Waals surface area (Å²) in [5.74, 6) is -3.44. The molecule has 0 bridgehead atoms. The molecule has 7 N–H and O–H groups in total. The molecule has 7 atom stereocenters. The third kappa shape index (κ3) is 5.85. The van der Waals surface area contributed by atoms with Gasteiger partial charge >= 0.3 is 5.97 Å². The van der Waals surface area contributed by atoms with Crippen molar-refractivity contribution in [2.75, 3.05) is 6.61 Å². The monoisotopic (exact) mass is 538 g/mol. The number of allylic oxidation sites excluding steroid dienone is 1. The van der Waals surface area contributed by atoms with Crippen LogP contribution in [0.1, 0.15) is 44.5 Å². The number of esters is 1. The molecule has 1 aliphatic carbocycles. The van der Waals surface area contributed by atoms with Crippen LogP contribution >= 0.6 is 0 Å². The van der Waals surface area contributed by atoms with Crippen molar-refractivity contribution in [2.24, 2.45) is 5.41 Å². The van der Waals surface area contributed by atoms with Gasteiger partial charge in [0.15, 0.2) is 29.3 Å². The number of aliphatic hydroxyl groups is 4. The molecule has 38 heavy (non-hydrogen) atoms. The molecule has 0 radical (unpaired) electrons. The van der Waals surface area contributed by atoms with Gasteiger partial charge in [0.1, 0.15) is 36.6 Å². The molecule has 0 unspecified atom stereocenters. The van der Waals surface area contributed by atoms with E-state index in [0.29, 0.717) is 5.57 Å². The predicted octanol–water partition coefficient (Wildman–Crippen LogP) is 0.405. The van der Waals surface area contributed by atoms with Crippen LogP contribution in [0.25, 0.3) is 0 Å². The Hall–Kier alpha value is -3.00. The number of phenols is 3. The third-order valence-electron chi connectivity index (χ3n) is 6.94. The van der Waals surface area contributed by atoms with Crippen LogP contribution in [0.4, 0.5) is 0 Å². The quantitative estimate of drug-likeness (QED) is 0.143. The lowest BCUT2D eigenvalue weighted by Gasteiger charge is -2.44. The van der Waals surface area contributed by atoms with Crippen LogP contribution in [-0.4, -0.2) is 96.5 Å². The van der Waals surface area contributed by atoms with Gasteiger partial charge in [-0.25, -0.2) is 4.79 Å². The van der Waals surface area contributed by atoms with E-state index in [-0.39, 0.29) is 17.8 Å². The highest BCUT2D eigenvalue weighted by Gasteiger charge is 2.47. The summed E-state index contributed by atoms with van der Waals surface area (Å²) in [6.45, 7) is 6.16. The van der Waals surface area contributed by atoms with Crippen molar-refractivity contribution in [2.45, 2.75) is 76.5 Å². The van der Waals surface area contributed by atoms with Crippen molar-refractivity contribution in [3.63, 3.8) is 0 Å². The first-order valence-corrected chi connectivity index (χ1v) is 12.0. The van der Waals surface area contributed by atoms with Gasteiger partial charge < -0.3 is 50.0 Å². The zero-order valence-corrected chi connectivity index (χ0v) is 21.4. The molecular weight excluding hydrogens is 504 g/mol. The summed E-state index contributed by atoms with van der Waals surface area (Å²) in [7, 11) is 0. The van der Waals surface area contributed by atoms with Gasteiger partial charge in [-0.2, -0.15) is 0 Å². The van der Waals surface area contributed by atoms with E-state index in [1.807, 2.05) is 0 Å². The molecule has 12 heteroatoms. The average Bonchev–Trinajstić information content (AvgIpc) is 2.83. The Kier molecular flexibility index (Phi) is 8.56. The van der Waals surface area contributed by atoms with Crippen LogP contribution in [0.2, 0.25) is 0 Å². The number of aliphatic hydroxyl groups excluding tert-OH is 3. The fourth-order valence-electron chi connectivity index (χ4n) is 4.53. The van der Waals surface area contributed by atoms with Gasteiger partial charge in [0.2, 0.25) is 0 Å². The first kappa shape index (κ1) is 29.6. The van der Waals surface area contributed by atoms with Crippen molar-refractivity contribution in [1.82, 2.24) is 0 Å². The Bertz CT molecular complexity index is 1100. The van der Waals surface area contributed by atoms with Gasteiger partial charge in [-0.15, -0.1) is 0 Å². The Morgan fingerprint density at radius 2 is 1.74 bits per heavy atom. The molecule has 2 aliphatic rings. The minimum atomic E-state index is -1.71. The first-order valence-electron chi connectivity index (χ1n) is 12.0. The molecule has 210 valence electrons. The van der Waals surface area contributed by atoms with E-state index >= 15 is 0 Å². The number of aromatic hydroxyl groups is 3. The molecule has 0 saturated carbocycles. The summed E-state index contributed by atoms with van der Waals surface area (Å²) in [6.07, 6.45) is -4.04. The molecule has 0 amide bonds. The van der Waals surface area contributed by atoms with Gasteiger partial charge in [0, 0.05) is 11.8 Å². The molecule has 1 saturated heterocycles. The normalized spacial score (nSPS) is 32.2. The summed E-state index contributed by atoms with van der Waals surface area (Å²) in [4.78, 5) is 24.2. The molecule has 1 aromatic carbocycles. The van der Waals surface area contributed by atoms with Crippen LogP contribution in [0.5, 0.6) is 17.2 Å². The Morgan fingerprint density at radius 3 is 2.32 bits per heavy atom. The van der Waals surface area contributed by atoms with E-state index in [2.05, 4.69) is 0 Å². The van der Waals surface area contributed by atoms with E-state index in [9.17, 15) is 45.3 Å². The standard InChI is InChI=1S/C26H34O12/c1-12-7-15(27)10-25(3,4)26(12,35)6-5-13(2)37-24-22(33)21(32)20(31)18(38-24)11-36-23(34)14-8-16(28)19(30)17(29)9-14/h5-9,13,18,20-22,24,28-33,35H,10-11H2,1-4H3/t13-,18-,20-,21+,22-,24-,26-/m1/s1. The van der Waals surface area contributed by atoms with Crippen molar-refractivity contribution in [3.8, 4) is 17.2 Å². The van der Waals surface area contributed by atoms with Crippen molar-refractivity contribution in [1.29, 1.82) is 0 Å². The highest BCUT2D eigenvalue weighted by Crippen LogP contribution is 2.44. The Labute approximate surface area is 219 Å². The lowest BCUT2D eigenvalue weighted by molar-refractivity contribution is -0.306. The van der Waals surface area contributed by atoms with Crippen LogP contribution in [0, 0.1) is 5.41 Å². The molecule has 1 aromatic rings. The molecule has 0 aromatic heterocycles. The number of hydrogen-bond acceptors (Lipinski definition) is 12. The maximum absolute atomic E-state index is 12.3. The molecule has 12 nitrogen and oxygen atoms in total. The highest BCUT2D eigenvalue weighted by atomic mass is 16.7. The average molecular weight is 539 g/mol. The van der Waals surface area contributed by atoms with Crippen LogP contribution in [0.3, 0.4) is 0 Å². The summed E-state index contributed by atoms with van der Waals surface area (Å²) < 4.78 is 16.3. The second-order valence-electron chi connectivity index (χ2n) is 10.3. The SMILES string of the molecule is CC1=CC(=O)CC(C)(C)[C@@]1(O)C=C[C@@H](C)O[C@@H]1O[C@H](COC(=O)c2cc(O)c(O)c(O)c2)[C@@H](O)[C@H](O)[C@H]1O. The van der Waals surface area contributed by atoms with Crippen LogP contribution in [0.15, 0.2) is 35.9 Å². The molecule has 1 fully saturated rings. The smallest absolute Gasteiger partial charge is 0.338 e. The molecule has 1 heterocycles. The van der Waals surface area contributed by atoms with Crippen molar-refractivity contribution >= 4 is 11.8 Å². The minimum absolute atomic E-state index is 0.0908. The van der Waals surface area contributed by atoms with Gasteiger partial charge in [-0.1, -0.05) is 19.9 Å². The van der Waals surface area contributed by atoms with Crippen molar-refractivity contribution < 1.29 is 59.5 Å². The van der Waals surface area contributed by atoms with Crippen LogP contribution < -0.4 is 0 Å². The molecule has 3 rings (SSSR count).